The first-order valence-electron chi connectivity index (χ1n) is 6.49. The Morgan fingerprint density at radius 2 is 2.15 bits per heavy atom. The number of carbonyl (C=O) groups is 2. The standard InChI is InChI=1S/C14H16ClFN2O2/c1-3-8(2)13-14(20)18(7-12(19)17-13)11-5-9(15)4-10(16)6-11/h4-6,8,13H,3,7H2,1-2H3,(H,17,19). The molecule has 6 heteroatoms. The molecule has 2 atom stereocenters. The Bertz CT molecular complexity index is 530. The highest BCUT2D eigenvalue weighted by Gasteiger charge is 2.36. The third-order valence-corrected chi connectivity index (χ3v) is 3.74. The SMILES string of the molecule is CCC(C)C1NC(=O)CN(c2cc(F)cc(Cl)c2)C1=O. The summed E-state index contributed by atoms with van der Waals surface area (Å²) in [7, 11) is 0. The van der Waals surface area contributed by atoms with E-state index in [-0.39, 0.29) is 29.3 Å². The Morgan fingerprint density at radius 1 is 1.45 bits per heavy atom. The molecule has 1 aliphatic rings. The molecule has 2 unspecified atom stereocenters. The van der Waals surface area contributed by atoms with Crippen LogP contribution >= 0.6 is 11.6 Å². The van der Waals surface area contributed by atoms with Crippen molar-refractivity contribution in [2.75, 3.05) is 11.4 Å². The summed E-state index contributed by atoms with van der Waals surface area (Å²) in [5, 5.41) is 2.88. The monoisotopic (exact) mass is 298 g/mol. The largest absolute Gasteiger partial charge is 0.342 e. The predicted octanol–water partition coefficient (Wildman–Crippen LogP) is 2.36. The summed E-state index contributed by atoms with van der Waals surface area (Å²) in [5.41, 5.74) is 0.308. The fourth-order valence-electron chi connectivity index (χ4n) is 2.21. The summed E-state index contributed by atoms with van der Waals surface area (Å²) in [6.45, 7) is 3.72. The van der Waals surface area contributed by atoms with E-state index in [0.717, 1.165) is 12.5 Å². The lowest BCUT2D eigenvalue weighted by Crippen LogP contribution is -2.60. The molecule has 1 aromatic carbocycles. The van der Waals surface area contributed by atoms with Crippen molar-refractivity contribution < 1.29 is 14.0 Å². The van der Waals surface area contributed by atoms with E-state index in [9.17, 15) is 14.0 Å². The molecule has 4 nitrogen and oxygen atoms in total. The molecule has 0 spiro atoms. The fourth-order valence-corrected chi connectivity index (χ4v) is 2.42. The number of anilines is 1. The maximum absolute atomic E-state index is 13.4. The molecule has 108 valence electrons. The van der Waals surface area contributed by atoms with Gasteiger partial charge in [-0.1, -0.05) is 31.9 Å². The van der Waals surface area contributed by atoms with E-state index in [1.165, 1.54) is 17.0 Å². The second-order valence-corrected chi connectivity index (χ2v) is 5.42. The lowest BCUT2D eigenvalue weighted by atomic mass is 9.96. The Morgan fingerprint density at radius 3 is 2.75 bits per heavy atom. The van der Waals surface area contributed by atoms with E-state index in [4.69, 9.17) is 11.6 Å². The van der Waals surface area contributed by atoms with Crippen molar-refractivity contribution in [3.63, 3.8) is 0 Å². The average molecular weight is 299 g/mol. The molecule has 1 aromatic rings. The lowest BCUT2D eigenvalue weighted by molar-refractivity contribution is -0.132. The van der Waals surface area contributed by atoms with E-state index in [1.807, 2.05) is 13.8 Å². The summed E-state index contributed by atoms with van der Waals surface area (Å²) in [4.78, 5) is 25.5. The van der Waals surface area contributed by atoms with E-state index >= 15 is 0 Å². The summed E-state index contributed by atoms with van der Waals surface area (Å²) >= 11 is 5.80. The Labute approximate surface area is 121 Å². The van der Waals surface area contributed by atoms with Gasteiger partial charge in [-0.25, -0.2) is 4.39 Å². The van der Waals surface area contributed by atoms with Crippen LogP contribution in [-0.2, 0) is 9.59 Å². The number of hydrogen-bond acceptors (Lipinski definition) is 2. The van der Waals surface area contributed by atoms with Crippen LogP contribution in [0.2, 0.25) is 5.02 Å². The molecule has 1 N–H and O–H groups in total. The number of rotatable bonds is 3. The minimum absolute atomic E-state index is 0.0123. The molecule has 1 aliphatic heterocycles. The first-order chi connectivity index (χ1) is 9.42. The smallest absolute Gasteiger partial charge is 0.250 e. The maximum Gasteiger partial charge on any atom is 0.250 e. The zero-order chi connectivity index (χ0) is 14.9. The number of halogens is 2. The number of amides is 2. The van der Waals surface area contributed by atoms with E-state index < -0.39 is 11.9 Å². The number of nitrogens with zero attached hydrogens (tertiary/aromatic N) is 1. The van der Waals surface area contributed by atoms with E-state index in [0.29, 0.717) is 5.69 Å². The second-order valence-electron chi connectivity index (χ2n) is 4.98. The summed E-state index contributed by atoms with van der Waals surface area (Å²) in [6, 6.07) is 3.26. The van der Waals surface area contributed by atoms with Gasteiger partial charge in [0.05, 0.1) is 0 Å². The number of nitrogens with one attached hydrogen (secondary N) is 1. The fraction of sp³-hybridized carbons (Fsp3) is 0.429. The highest BCUT2D eigenvalue weighted by atomic mass is 35.5. The predicted molar refractivity (Wildman–Crippen MR) is 75.1 cm³/mol. The van der Waals surface area contributed by atoms with Crippen molar-refractivity contribution in [1.82, 2.24) is 5.32 Å². The average Bonchev–Trinajstić information content (AvgIpc) is 2.39. The van der Waals surface area contributed by atoms with Gasteiger partial charge in [-0.2, -0.15) is 0 Å². The molecule has 20 heavy (non-hydrogen) atoms. The normalized spacial score (nSPS) is 20.8. The number of carbonyl (C=O) groups excluding carboxylic acids is 2. The molecule has 1 heterocycles. The van der Waals surface area contributed by atoms with Crippen LogP contribution in [0.1, 0.15) is 20.3 Å². The minimum Gasteiger partial charge on any atom is -0.342 e. The summed E-state index contributed by atoms with van der Waals surface area (Å²) < 4.78 is 13.4. The molecule has 0 aromatic heterocycles. The van der Waals surface area contributed by atoms with Gasteiger partial charge in [-0.05, 0) is 24.1 Å². The van der Waals surface area contributed by atoms with Crippen LogP contribution in [0.15, 0.2) is 18.2 Å². The van der Waals surface area contributed by atoms with Crippen molar-refractivity contribution in [3.8, 4) is 0 Å². The Hall–Kier alpha value is -1.62. The van der Waals surface area contributed by atoms with Crippen LogP contribution in [0, 0.1) is 11.7 Å². The summed E-state index contributed by atoms with van der Waals surface area (Å²) in [5.74, 6) is -1.01. The topological polar surface area (TPSA) is 49.4 Å². The maximum atomic E-state index is 13.4. The van der Waals surface area contributed by atoms with Crippen LogP contribution in [0.4, 0.5) is 10.1 Å². The molecule has 1 fully saturated rings. The van der Waals surface area contributed by atoms with E-state index in [2.05, 4.69) is 5.32 Å². The van der Waals surface area contributed by atoms with Gasteiger partial charge >= 0.3 is 0 Å². The molecule has 2 amide bonds. The first-order valence-corrected chi connectivity index (χ1v) is 6.87. The van der Waals surface area contributed by atoms with Gasteiger partial charge in [0.1, 0.15) is 18.4 Å². The van der Waals surface area contributed by atoms with Crippen LogP contribution in [0.3, 0.4) is 0 Å². The number of benzene rings is 1. The van der Waals surface area contributed by atoms with Gasteiger partial charge in [0.2, 0.25) is 11.8 Å². The van der Waals surface area contributed by atoms with Crippen molar-refractivity contribution in [3.05, 3.63) is 29.0 Å². The molecule has 1 saturated heterocycles. The van der Waals surface area contributed by atoms with Crippen molar-refractivity contribution in [2.24, 2.45) is 5.92 Å². The molecule has 0 bridgehead atoms. The molecular weight excluding hydrogens is 283 g/mol. The summed E-state index contributed by atoms with van der Waals surface area (Å²) in [6.07, 6.45) is 0.758. The van der Waals surface area contributed by atoms with E-state index in [1.54, 1.807) is 0 Å². The molecular formula is C14H16ClFN2O2. The second kappa shape index (κ2) is 5.79. The van der Waals surface area contributed by atoms with Gasteiger partial charge in [0.25, 0.3) is 0 Å². The number of hydrogen-bond donors (Lipinski definition) is 1. The zero-order valence-electron chi connectivity index (χ0n) is 11.3. The third kappa shape index (κ3) is 2.93. The zero-order valence-corrected chi connectivity index (χ0v) is 12.1. The highest BCUT2D eigenvalue weighted by molar-refractivity contribution is 6.31. The first kappa shape index (κ1) is 14.8. The van der Waals surface area contributed by atoms with Crippen molar-refractivity contribution >= 4 is 29.1 Å². The van der Waals surface area contributed by atoms with Gasteiger partial charge in [-0.15, -0.1) is 0 Å². The Kier molecular flexibility index (Phi) is 4.28. The lowest BCUT2D eigenvalue weighted by Gasteiger charge is -2.35. The Balaban J connectivity index is 2.34. The van der Waals surface area contributed by atoms with Gasteiger partial charge in [-0.3, -0.25) is 9.59 Å². The molecule has 0 radical (unpaired) electrons. The third-order valence-electron chi connectivity index (χ3n) is 3.52. The van der Waals surface area contributed by atoms with Crippen LogP contribution in [0.5, 0.6) is 0 Å². The van der Waals surface area contributed by atoms with Crippen LogP contribution in [-0.4, -0.2) is 24.4 Å². The quantitative estimate of drug-likeness (QED) is 0.931. The van der Waals surface area contributed by atoms with Crippen molar-refractivity contribution in [2.45, 2.75) is 26.3 Å². The van der Waals surface area contributed by atoms with Crippen LogP contribution < -0.4 is 10.2 Å². The number of piperazine rings is 1. The molecule has 0 saturated carbocycles. The van der Waals surface area contributed by atoms with Gasteiger partial charge in [0, 0.05) is 10.7 Å². The molecule has 0 aliphatic carbocycles. The minimum atomic E-state index is -0.580. The van der Waals surface area contributed by atoms with Gasteiger partial charge in [0.15, 0.2) is 0 Å². The van der Waals surface area contributed by atoms with Crippen molar-refractivity contribution in [1.29, 1.82) is 0 Å². The van der Waals surface area contributed by atoms with Crippen LogP contribution in [0.25, 0.3) is 0 Å². The van der Waals surface area contributed by atoms with Gasteiger partial charge < -0.3 is 10.2 Å². The highest BCUT2D eigenvalue weighted by Crippen LogP contribution is 2.25. The molecule has 2 rings (SSSR count).